The maximum atomic E-state index is 12.3. The standard InChI is InChI=1S/C4H8F2O3Si/c5-10(6)8-3-1-7-2-4-9-10/h1-4H2. The van der Waals surface area contributed by atoms with E-state index in [-0.39, 0.29) is 26.4 Å². The third-order valence-electron chi connectivity index (χ3n) is 0.996. The molecule has 3 nitrogen and oxygen atoms in total. The van der Waals surface area contributed by atoms with Crippen molar-refractivity contribution in [2.24, 2.45) is 0 Å². The Morgan fingerprint density at radius 1 is 0.900 bits per heavy atom. The molecule has 0 aromatic heterocycles. The molecule has 0 atom stereocenters. The largest absolute Gasteiger partial charge is 0.761 e. The van der Waals surface area contributed by atoms with Gasteiger partial charge in [0.2, 0.25) is 0 Å². The predicted octanol–water partition coefficient (Wildman–Crippen LogP) is 0.424. The average Bonchev–Trinajstić information content (AvgIpc) is 1.81. The highest BCUT2D eigenvalue weighted by atomic mass is 28.5. The summed E-state index contributed by atoms with van der Waals surface area (Å²) in [7, 11) is -4.75. The van der Waals surface area contributed by atoms with E-state index in [0.717, 1.165) is 0 Å². The fourth-order valence-electron chi connectivity index (χ4n) is 0.583. The summed E-state index contributed by atoms with van der Waals surface area (Å²) in [4.78, 5) is 0. The molecule has 0 N–H and O–H groups in total. The van der Waals surface area contributed by atoms with Gasteiger partial charge in [-0.05, 0) is 0 Å². The number of halogens is 2. The molecule has 0 unspecified atom stereocenters. The highest BCUT2D eigenvalue weighted by Gasteiger charge is 2.43. The number of rotatable bonds is 0. The van der Waals surface area contributed by atoms with Crippen LogP contribution >= 0.6 is 0 Å². The van der Waals surface area contributed by atoms with E-state index in [9.17, 15) is 8.22 Å². The summed E-state index contributed by atoms with van der Waals surface area (Å²) in [6.45, 7) is 0.316. The van der Waals surface area contributed by atoms with E-state index < -0.39 is 9.23 Å². The molecule has 0 saturated carbocycles. The zero-order valence-electron chi connectivity index (χ0n) is 5.31. The Morgan fingerprint density at radius 3 is 1.90 bits per heavy atom. The van der Waals surface area contributed by atoms with Gasteiger partial charge in [-0.2, -0.15) is 0 Å². The molecule has 1 aliphatic rings. The van der Waals surface area contributed by atoms with Gasteiger partial charge < -0.3 is 13.6 Å². The van der Waals surface area contributed by atoms with Gasteiger partial charge in [0, 0.05) is 0 Å². The smallest absolute Gasteiger partial charge is 0.377 e. The Balaban J connectivity index is 2.30. The fraction of sp³-hybridized carbons (Fsp3) is 1.00. The molecular weight excluding hydrogens is 162 g/mol. The highest BCUT2D eigenvalue weighted by Crippen LogP contribution is 2.11. The van der Waals surface area contributed by atoms with Gasteiger partial charge in [0.15, 0.2) is 0 Å². The van der Waals surface area contributed by atoms with Crippen LogP contribution in [0.1, 0.15) is 0 Å². The molecule has 0 aromatic carbocycles. The topological polar surface area (TPSA) is 27.7 Å². The Morgan fingerprint density at radius 2 is 1.40 bits per heavy atom. The molecule has 0 amide bonds. The normalized spacial score (nSPS) is 27.0. The SMILES string of the molecule is F[Si]1(F)OCCOCCO1. The lowest BCUT2D eigenvalue weighted by Gasteiger charge is -2.16. The summed E-state index contributed by atoms with van der Waals surface area (Å²) in [5.74, 6) is 0. The van der Waals surface area contributed by atoms with Crippen molar-refractivity contribution in [3.05, 3.63) is 0 Å². The molecule has 1 saturated heterocycles. The monoisotopic (exact) mass is 170 g/mol. The van der Waals surface area contributed by atoms with E-state index >= 15 is 0 Å². The molecule has 6 heteroatoms. The summed E-state index contributed by atoms with van der Waals surface area (Å²) < 4.78 is 37.6. The first-order valence-corrected chi connectivity index (χ1v) is 4.51. The maximum absolute atomic E-state index is 12.3. The van der Waals surface area contributed by atoms with Crippen LogP contribution < -0.4 is 0 Å². The molecular formula is C4H8F2O3Si. The van der Waals surface area contributed by atoms with Gasteiger partial charge in [0.25, 0.3) is 0 Å². The Kier molecular flexibility index (Phi) is 2.72. The van der Waals surface area contributed by atoms with Crippen LogP contribution in [0.5, 0.6) is 0 Å². The first-order valence-electron chi connectivity index (χ1n) is 2.94. The van der Waals surface area contributed by atoms with E-state index in [4.69, 9.17) is 4.74 Å². The van der Waals surface area contributed by atoms with Crippen LogP contribution in [0, 0.1) is 0 Å². The van der Waals surface area contributed by atoms with E-state index in [2.05, 4.69) is 8.85 Å². The van der Waals surface area contributed by atoms with Gasteiger partial charge in [0.05, 0.1) is 26.4 Å². The fourth-order valence-corrected chi connectivity index (χ4v) is 1.31. The van der Waals surface area contributed by atoms with Crippen molar-refractivity contribution in [2.45, 2.75) is 0 Å². The minimum Gasteiger partial charge on any atom is -0.377 e. The van der Waals surface area contributed by atoms with Crippen LogP contribution in [0.25, 0.3) is 0 Å². The van der Waals surface area contributed by atoms with E-state index in [0.29, 0.717) is 0 Å². The lowest BCUT2D eigenvalue weighted by atomic mass is 10.7. The lowest BCUT2D eigenvalue weighted by Crippen LogP contribution is -2.36. The quantitative estimate of drug-likeness (QED) is 0.389. The van der Waals surface area contributed by atoms with Crippen LogP contribution in [0.3, 0.4) is 0 Å². The Hall–Kier alpha value is -0.0431. The molecule has 0 aliphatic carbocycles. The van der Waals surface area contributed by atoms with Crippen molar-refractivity contribution in [1.82, 2.24) is 0 Å². The maximum Gasteiger partial charge on any atom is 0.761 e. The van der Waals surface area contributed by atoms with Crippen molar-refractivity contribution >= 4 is 9.23 Å². The number of hydrogen-bond donors (Lipinski definition) is 0. The molecule has 0 aromatic rings. The second kappa shape index (κ2) is 3.38. The zero-order chi connectivity index (χ0) is 7.45. The molecule has 0 bridgehead atoms. The minimum atomic E-state index is -4.75. The van der Waals surface area contributed by atoms with Crippen molar-refractivity contribution in [1.29, 1.82) is 0 Å². The number of hydrogen-bond acceptors (Lipinski definition) is 3. The van der Waals surface area contributed by atoms with Gasteiger partial charge in [-0.15, -0.1) is 0 Å². The average molecular weight is 170 g/mol. The molecule has 1 heterocycles. The highest BCUT2D eigenvalue weighted by molar-refractivity contribution is 6.51. The van der Waals surface area contributed by atoms with Gasteiger partial charge in [0.1, 0.15) is 0 Å². The second-order valence-electron chi connectivity index (χ2n) is 1.77. The van der Waals surface area contributed by atoms with Gasteiger partial charge in [-0.3, -0.25) is 0 Å². The third-order valence-corrected chi connectivity index (χ3v) is 2.08. The van der Waals surface area contributed by atoms with E-state index in [1.807, 2.05) is 0 Å². The molecule has 60 valence electrons. The summed E-state index contributed by atoms with van der Waals surface area (Å²) >= 11 is 0. The molecule has 10 heavy (non-hydrogen) atoms. The van der Waals surface area contributed by atoms with Crippen molar-refractivity contribution in [3.63, 3.8) is 0 Å². The van der Waals surface area contributed by atoms with E-state index in [1.165, 1.54) is 0 Å². The second-order valence-corrected chi connectivity index (χ2v) is 3.28. The van der Waals surface area contributed by atoms with Gasteiger partial charge in [-0.25, -0.2) is 8.22 Å². The first kappa shape index (κ1) is 8.06. The van der Waals surface area contributed by atoms with Gasteiger partial charge in [-0.1, -0.05) is 0 Å². The third kappa shape index (κ3) is 2.69. The van der Waals surface area contributed by atoms with Crippen LogP contribution in [-0.4, -0.2) is 35.7 Å². The Bertz CT molecular complexity index is 101. The molecule has 0 spiro atoms. The van der Waals surface area contributed by atoms with Crippen molar-refractivity contribution in [2.75, 3.05) is 26.4 Å². The van der Waals surface area contributed by atoms with Gasteiger partial charge >= 0.3 is 9.23 Å². The summed E-state index contributed by atoms with van der Waals surface area (Å²) in [6, 6.07) is 0. The van der Waals surface area contributed by atoms with Crippen LogP contribution in [-0.2, 0) is 13.6 Å². The summed E-state index contributed by atoms with van der Waals surface area (Å²) in [5.41, 5.74) is 0. The first-order chi connectivity index (χ1) is 4.71. The minimum absolute atomic E-state index is 0.0702. The van der Waals surface area contributed by atoms with Crippen LogP contribution in [0.15, 0.2) is 0 Å². The van der Waals surface area contributed by atoms with Crippen LogP contribution in [0.4, 0.5) is 8.22 Å². The van der Waals surface area contributed by atoms with Crippen LogP contribution in [0.2, 0.25) is 0 Å². The molecule has 1 rings (SSSR count). The Labute approximate surface area is 58.5 Å². The summed E-state index contributed by atoms with van der Waals surface area (Å²) in [6.07, 6.45) is 0. The van der Waals surface area contributed by atoms with E-state index in [1.54, 1.807) is 0 Å². The van der Waals surface area contributed by atoms with Crippen molar-refractivity contribution < 1.29 is 21.8 Å². The molecule has 0 radical (unpaired) electrons. The molecule has 1 aliphatic heterocycles. The lowest BCUT2D eigenvalue weighted by molar-refractivity contribution is -0.00820. The van der Waals surface area contributed by atoms with Crippen molar-refractivity contribution in [3.8, 4) is 0 Å². The summed E-state index contributed by atoms with van der Waals surface area (Å²) in [5, 5.41) is 0. The predicted molar refractivity (Wildman–Crippen MR) is 30.7 cm³/mol. The zero-order valence-corrected chi connectivity index (χ0v) is 6.31. The number of ether oxygens (including phenoxy) is 1. The molecule has 1 fully saturated rings.